The molecule has 2 amide bonds. The number of carbonyl (C=O) groups excluding carboxylic acids is 1. The van der Waals surface area contributed by atoms with Crippen molar-refractivity contribution in [2.75, 3.05) is 6.54 Å². The number of rotatable bonds is 2. The molecule has 3 unspecified atom stereocenters. The van der Waals surface area contributed by atoms with E-state index in [0.717, 1.165) is 38.1 Å². The van der Waals surface area contributed by atoms with Crippen LogP contribution in [0.4, 0.5) is 4.79 Å². The van der Waals surface area contributed by atoms with Crippen molar-refractivity contribution in [1.82, 2.24) is 16.0 Å². The molecule has 0 aromatic rings. The van der Waals surface area contributed by atoms with Gasteiger partial charge in [-0.25, -0.2) is 4.79 Å². The fraction of sp³-hybridized carbons (Fsp3) is 0.923. The summed E-state index contributed by atoms with van der Waals surface area (Å²) in [6.45, 7) is 1.15. The number of nitrogens with one attached hydrogen (secondary N) is 3. The van der Waals surface area contributed by atoms with E-state index < -0.39 is 0 Å². The van der Waals surface area contributed by atoms with E-state index in [1.165, 1.54) is 19.3 Å². The van der Waals surface area contributed by atoms with Crippen molar-refractivity contribution in [2.45, 2.75) is 63.1 Å². The first kappa shape index (κ1) is 11.3. The van der Waals surface area contributed by atoms with Crippen LogP contribution < -0.4 is 16.0 Å². The van der Waals surface area contributed by atoms with E-state index >= 15 is 0 Å². The van der Waals surface area contributed by atoms with Crippen molar-refractivity contribution in [3.63, 3.8) is 0 Å². The van der Waals surface area contributed by atoms with Crippen LogP contribution in [0, 0.1) is 5.92 Å². The van der Waals surface area contributed by atoms with Crippen molar-refractivity contribution < 1.29 is 4.79 Å². The minimum Gasteiger partial charge on any atom is -0.335 e. The lowest BCUT2D eigenvalue weighted by atomic mass is 9.87. The SMILES string of the molecule is O=C(NC1CCCC1)NC1CC2CNC(C2)C1. The van der Waals surface area contributed by atoms with Gasteiger partial charge in [0.1, 0.15) is 0 Å². The molecule has 3 aliphatic rings. The summed E-state index contributed by atoms with van der Waals surface area (Å²) in [6, 6.07) is 1.51. The maximum atomic E-state index is 11.9. The van der Waals surface area contributed by atoms with Crippen molar-refractivity contribution in [1.29, 1.82) is 0 Å². The highest BCUT2D eigenvalue weighted by Gasteiger charge is 2.34. The van der Waals surface area contributed by atoms with Gasteiger partial charge >= 0.3 is 6.03 Å². The monoisotopic (exact) mass is 237 g/mol. The number of amides is 2. The topological polar surface area (TPSA) is 53.2 Å². The molecule has 2 aliphatic carbocycles. The van der Waals surface area contributed by atoms with Gasteiger partial charge < -0.3 is 16.0 Å². The van der Waals surface area contributed by atoms with Crippen LogP contribution in [0.25, 0.3) is 0 Å². The molecule has 2 saturated carbocycles. The highest BCUT2D eigenvalue weighted by molar-refractivity contribution is 5.74. The predicted octanol–water partition coefficient (Wildman–Crippen LogP) is 1.37. The molecule has 0 aromatic carbocycles. The van der Waals surface area contributed by atoms with E-state index in [9.17, 15) is 4.79 Å². The van der Waals surface area contributed by atoms with E-state index in [0.29, 0.717) is 18.1 Å². The smallest absolute Gasteiger partial charge is 0.315 e. The molecule has 4 heteroatoms. The summed E-state index contributed by atoms with van der Waals surface area (Å²) >= 11 is 0. The first-order chi connectivity index (χ1) is 8.29. The van der Waals surface area contributed by atoms with Crippen molar-refractivity contribution in [2.24, 2.45) is 5.92 Å². The molecule has 0 aromatic heterocycles. The van der Waals surface area contributed by atoms with Gasteiger partial charge in [0.15, 0.2) is 0 Å². The van der Waals surface area contributed by atoms with Crippen molar-refractivity contribution >= 4 is 6.03 Å². The molecule has 2 bridgehead atoms. The van der Waals surface area contributed by atoms with Crippen LogP contribution in [0.15, 0.2) is 0 Å². The third-order valence-electron chi connectivity index (χ3n) is 4.53. The predicted molar refractivity (Wildman–Crippen MR) is 66.8 cm³/mol. The molecule has 0 spiro atoms. The Hall–Kier alpha value is -0.770. The van der Waals surface area contributed by atoms with Gasteiger partial charge in [0.05, 0.1) is 0 Å². The maximum absolute atomic E-state index is 11.9. The Labute approximate surface area is 103 Å². The Morgan fingerprint density at radius 1 is 1.00 bits per heavy atom. The molecule has 96 valence electrons. The van der Waals surface area contributed by atoms with Crippen molar-refractivity contribution in [3.05, 3.63) is 0 Å². The Bertz CT molecular complexity index is 276. The van der Waals surface area contributed by atoms with Crippen LogP contribution in [0.5, 0.6) is 0 Å². The summed E-state index contributed by atoms with van der Waals surface area (Å²) in [5.74, 6) is 0.783. The number of fused-ring (bicyclic) bond motifs is 2. The summed E-state index contributed by atoms with van der Waals surface area (Å²) in [7, 11) is 0. The quantitative estimate of drug-likeness (QED) is 0.679. The minimum absolute atomic E-state index is 0.0585. The van der Waals surface area contributed by atoms with Gasteiger partial charge in [-0.2, -0.15) is 0 Å². The maximum Gasteiger partial charge on any atom is 0.315 e. The summed E-state index contributed by atoms with van der Waals surface area (Å²) in [5, 5.41) is 9.79. The average Bonchev–Trinajstić information content (AvgIpc) is 2.89. The number of urea groups is 1. The zero-order valence-electron chi connectivity index (χ0n) is 10.4. The first-order valence-electron chi connectivity index (χ1n) is 7.10. The molecule has 1 saturated heterocycles. The fourth-order valence-corrected chi connectivity index (χ4v) is 3.70. The second-order valence-electron chi connectivity index (χ2n) is 5.97. The van der Waals surface area contributed by atoms with E-state index in [-0.39, 0.29) is 6.03 Å². The number of carbonyl (C=O) groups is 1. The van der Waals surface area contributed by atoms with Crippen LogP contribution in [-0.2, 0) is 0 Å². The van der Waals surface area contributed by atoms with Gasteiger partial charge in [0.25, 0.3) is 0 Å². The van der Waals surface area contributed by atoms with Gasteiger partial charge in [0, 0.05) is 18.1 Å². The molecule has 4 nitrogen and oxygen atoms in total. The molecular formula is C13H23N3O. The van der Waals surface area contributed by atoms with Crippen LogP contribution >= 0.6 is 0 Å². The molecule has 17 heavy (non-hydrogen) atoms. The summed E-state index contributed by atoms with van der Waals surface area (Å²) in [5.41, 5.74) is 0. The molecule has 1 aliphatic heterocycles. The lowest BCUT2D eigenvalue weighted by Gasteiger charge is -2.28. The zero-order chi connectivity index (χ0) is 11.7. The van der Waals surface area contributed by atoms with Crippen molar-refractivity contribution in [3.8, 4) is 0 Å². The van der Waals surface area contributed by atoms with Gasteiger partial charge in [-0.1, -0.05) is 12.8 Å². The van der Waals surface area contributed by atoms with E-state index in [2.05, 4.69) is 16.0 Å². The Morgan fingerprint density at radius 3 is 2.53 bits per heavy atom. The van der Waals surface area contributed by atoms with Crippen LogP contribution in [0.1, 0.15) is 44.9 Å². The summed E-state index contributed by atoms with van der Waals surface area (Å²) in [6.07, 6.45) is 8.42. The fourth-order valence-electron chi connectivity index (χ4n) is 3.70. The number of hydrogen-bond acceptors (Lipinski definition) is 2. The average molecular weight is 237 g/mol. The lowest BCUT2D eigenvalue weighted by Crippen LogP contribution is -2.48. The van der Waals surface area contributed by atoms with Gasteiger partial charge in [0.2, 0.25) is 0 Å². The van der Waals surface area contributed by atoms with Gasteiger partial charge in [-0.3, -0.25) is 0 Å². The van der Waals surface area contributed by atoms with Crippen LogP contribution in [-0.4, -0.2) is 30.7 Å². The van der Waals surface area contributed by atoms with Crippen LogP contribution in [0.2, 0.25) is 0 Å². The molecule has 1 heterocycles. The third-order valence-corrected chi connectivity index (χ3v) is 4.53. The minimum atomic E-state index is 0.0585. The van der Waals surface area contributed by atoms with Gasteiger partial charge in [-0.15, -0.1) is 0 Å². The molecular weight excluding hydrogens is 214 g/mol. The summed E-state index contributed by atoms with van der Waals surface area (Å²) in [4.78, 5) is 11.9. The van der Waals surface area contributed by atoms with E-state index in [4.69, 9.17) is 0 Å². The zero-order valence-corrected chi connectivity index (χ0v) is 10.4. The number of hydrogen-bond donors (Lipinski definition) is 3. The molecule has 0 radical (unpaired) electrons. The third kappa shape index (κ3) is 2.73. The lowest BCUT2D eigenvalue weighted by molar-refractivity contribution is 0.225. The normalized spacial score (nSPS) is 37.1. The largest absolute Gasteiger partial charge is 0.335 e. The Balaban J connectivity index is 1.44. The second-order valence-corrected chi connectivity index (χ2v) is 5.97. The summed E-state index contributed by atoms with van der Waals surface area (Å²) < 4.78 is 0. The Kier molecular flexibility index (Phi) is 3.23. The van der Waals surface area contributed by atoms with Crippen LogP contribution in [0.3, 0.4) is 0 Å². The Morgan fingerprint density at radius 2 is 1.76 bits per heavy atom. The molecule has 3 N–H and O–H groups in total. The second kappa shape index (κ2) is 4.84. The highest BCUT2D eigenvalue weighted by Crippen LogP contribution is 2.29. The molecule has 3 rings (SSSR count). The van der Waals surface area contributed by atoms with E-state index in [1.54, 1.807) is 0 Å². The molecule has 3 atom stereocenters. The molecule has 3 fully saturated rings. The van der Waals surface area contributed by atoms with Gasteiger partial charge in [-0.05, 0) is 44.6 Å². The van der Waals surface area contributed by atoms with E-state index in [1.807, 2.05) is 0 Å². The highest BCUT2D eigenvalue weighted by atomic mass is 16.2. The first-order valence-corrected chi connectivity index (χ1v) is 7.10. The standard InChI is InChI=1S/C13H23N3O/c17-13(15-10-3-1-2-4-10)16-12-6-9-5-11(7-12)14-8-9/h9-12,14H,1-8H2,(H2,15,16,17).